The molecule has 2 rings (SSSR count). The van der Waals surface area contributed by atoms with Crippen molar-refractivity contribution in [3.05, 3.63) is 56.8 Å². The molecule has 0 unspecified atom stereocenters. The number of hydrogen-bond acceptors (Lipinski definition) is 2. The van der Waals surface area contributed by atoms with E-state index in [2.05, 4.69) is 15.9 Å². The predicted molar refractivity (Wildman–Crippen MR) is 86.0 cm³/mol. The van der Waals surface area contributed by atoms with E-state index >= 15 is 0 Å². The molecule has 2 nitrogen and oxygen atoms in total. The molecule has 0 heterocycles. The second-order valence-electron chi connectivity index (χ2n) is 4.27. The molecule has 0 radical (unpaired) electrons. The Labute approximate surface area is 140 Å². The molecule has 0 fully saturated rings. The summed E-state index contributed by atoms with van der Waals surface area (Å²) in [6.45, 7) is 0.0510. The van der Waals surface area contributed by atoms with Crippen LogP contribution in [0.2, 0.25) is 5.02 Å². The fourth-order valence-electron chi connectivity index (χ4n) is 1.78. The highest BCUT2D eigenvalue weighted by Gasteiger charge is 2.13. The summed E-state index contributed by atoms with van der Waals surface area (Å²) in [5.74, 6) is 0.806. The van der Waals surface area contributed by atoms with E-state index in [-0.39, 0.29) is 12.4 Å². The van der Waals surface area contributed by atoms with Crippen molar-refractivity contribution < 1.29 is 13.9 Å². The first-order valence-corrected chi connectivity index (χ1v) is 7.74. The van der Waals surface area contributed by atoms with Gasteiger partial charge in [-0.1, -0.05) is 33.6 Å². The Hall–Kier alpha value is -0.970. The van der Waals surface area contributed by atoms with Crippen LogP contribution in [0.4, 0.5) is 4.39 Å². The van der Waals surface area contributed by atoms with Crippen molar-refractivity contribution in [2.45, 2.75) is 12.5 Å². The van der Waals surface area contributed by atoms with Gasteiger partial charge in [-0.15, -0.1) is 11.6 Å². The summed E-state index contributed by atoms with van der Waals surface area (Å²) in [4.78, 5) is 0. The van der Waals surface area contributed by atoms with Gasteiger partial charge in [0.1, 0.15) is 12.4 Å². The fraction of sp³-hybridized carbons (Fsp3) is 0.200. The molecule has 0 atom stereocenters. The summed E-state index contributed by atoms with van der Waals surface area (Å²) >= 11 is 15.1. The van der Waals surface area contributed by atoms with Gasteiger partial charge in [0, 0.05) is 15.9 Å². The number of alkyl halides is 1. The van der Waals surface area contributed by atoms with Gasteiger partial charge in [-0.25, -0.2) is 4.39 Å². The maximum atomic E-state index is 13.8. The van der Waals surface area contributed by atoms with Crippen molar-refractivity contribution in [2.75, 3.05) is 7.11 Å². The molecule has 0 N–H and O–H groups in total. The molecule has 0 amide bonds. The molecular formula is C15H12BrCl2FO2. The molecule has 6 heteroatoms. The first kappa shape index (κ1) is 16.4. The second-order valence-corrected chi connectivity index (χ2v) is 5.86. The summed E-state index contributed by atoms with van der Waals surface area (Å²) in [5.41, 5.74) is 1.25. The van der Waals surface area contributed by atoms with Gasteiger partial charge in [-0.2, -0.15) is 0 Å². The highest BCUT2D eigenvalue weighted by atomic mass is 79.9. The summed E-state index contributed by atoms with van der Waals surface area (Å²) in [6.07, 6.45) is 0. The van der Waals surface area contributed by atoms with Gasteiger partial charge in [0.15, 0.2) is 11.5 Å². The molecule has 0 aliphatic heterocycles. The average molecular weight is 394 g/mol. The summed E-state index contributed by atoms with van der Waals surface area (Å²) in [5, 5.41) is 0.377. The summed E-state index contributed by atoms with van der Waals surface area (Å²) in [7, 11) is 1.51. The van der Waals surface area contributed by atoms with E-state index in [0.29, 0.717) is 32.4 Å². The van der Waals surface area contributed by atoms with Crippen molar-refractivity contribution in [1.29, 1.82) is 0 Å². The van der Waals surface area contributed by atoms with Crippen molar-refractivity contribution in [3.8, 4) is 11.5 Å². The standard InChI is InChI=1S/C15H12BrCl2FO2/c1-20-14-5-9(7-17)4-12(18)15(14)21-8-10-2-3-11(16)6-13(10)19/h2-6H,7-8H2,1H3. The van der Waals surface area contributed by atoms with Crippen molar-refractivity contribution in [2.24, 2.45) is 0 Å². The van der Waals surface area contributed by atoms with Crippen LogP contribution in [0.25, 0.3) is 0 Å². The Morgan fingerprint density at radius 3 is 2.62 bits per heavy atom. The normalized spacial score (nSPS) is 10.5. The fourth-order valence-corrected chi connectivity index (χ4v) is 2.55. The second kappa shape index (κ2) is 7.34. The van der Waals surface area contributed by atoms with Crippen molar-refractivity contribution in [3.63, 3.8) is 0 Å². The molecule has 112 valence electrons. The smallest absolute Gasteiger partial charge is 0.180 e. The molecule has 0 saturated heterocycles. The summed E-state index contributed by atoms with van der Waals surface area (Å²) in [6, 6.07) is 8.22. The molecule has 0 aromatic heterocycles. The maximum absolute atomic E-state index is 13.8. The van der Waals surface area contributed by atoms with Crippen LogP contribution in [0.15, 0.2) is 34.8 Å². The molecule has 0 aliphatic rings. The number of hydrogen-bond donors (Lipinski definition) is 0. The molecule has 0 saturated carbocycles. The quantitative estimate of drug-likeness (QED) is 0.618. The van der Waals surface area contributed by atoms with Crippen LogP contribution in [0.3, 0.4) is 0 Å². The van der Waals surface area contributed by atoms with Gasteiger partial charge in [-0.05, 0) is 29.8 Å². The van der Waals surface area contributed by atoms with Gasteiger partial charge >= 0.3 is 0 Å². The average Bonchev–Trinajstić information content (AvgIpc) is 2.46. The molecule has 0 aliphatic carbocycles. The monoisotopic (exact) mass is 392 g/mol. The molecular weight excluding hydrogens is 382 g/mol. The zero-order valence-electron chi connectivity index (χ0n) is 11.1. The van der Waals surface area contributed by atoms with Crippen LogP contribution in [0.1, 0.15) is 11.1 Å². The highest BCUT2D eigenvalue weighted by molar-refractivity contribution is 9.10. The van der Waals surface area contributed by atoms with Crippen LogP contribution in [0, 0.1) is 5.82 Å². The van der Waals surface area contributed by atoms with Gasteiger partial charge in [0.2, 0.25) is 0 Å². The minimum atomic E-state index is -0.350. The first-order chi connectivity index (χ1) is 10.0. The lowest BCUT2D eigenvalue weighted by atomic mass is 10.2. The molecule has 21 heavy (non-hydrogen) atoms. The van der Waals surface area contributed by atoms with Gasteiger partial charge in [-0.3, -0.25) is 0 Å². The lowest BCUT2D eigenvalue weighted by Gasteiger charge is -2.14. The third-order valence-electron chi connectivity index (χ3n) is 2.83. The molecule has 2 aromatic rings. The van der Waals surface area contributed by atoms with Crippen LogP contribution in [0.5, 0.6) is 11.5 Å². The van der Waals surface area contributed by atoms with Crippen molar-refractivity contribution in [1.82, 2.24) is 0 Å². The Bertz CT molecular complexity index is 650. The Morgan fingerprint density at radius 2 is 2.00 bits per heavy atom. The van der Waals surface area contributed by atoms with Gasteiger partial charge < -0.3 is 9.47 Å². The number of methoxy groups -OCH3 is 1. The lowest BCUT2D eigenvalue weighted by molar-refractivity contribution is 0.280. The maximum Gasteiger partial charge on any atom is 0.180 e. The van der Waals surface area contributed by atoms with Crippen molar-refractivity contribution >= 4 is 39.1 Å². The number of rotatable bonds is 5. The van der Waals surface area contributed by atoms with Crippen LogP contribution in [-0.4, -0.2) is 7.11 Å². The minimum absolute atomic E-state index is 0.0510. The van der Waals surface area contributed by atoms with E-state index in [1.54, 1.807) is 24.3 Å². The van der Waals surface area contributed by atoms with E-state index in [4.69, 9.17) is 32.7 Å². The third kappa shape index (κ3) is 4.02. The Balaban J connectivity index is 2.23. The summed E-state index contributed by atoms with van der Waals surface area (Å²) < 4.78 is 25.3. The zero-order chi connectivity index (χ0) is 15.4. The van der Waals surface area contributed by atoms with Crippen LogP contribution in [-0.2, 0) is 12.5 Å². The van der Waals surface area contributed by atoms with Crippen LogP contribution >= 0.6 is 39.1 Å². The largest absolute Gasteiger partial charge is 0.493 e. The predicted octanol–water partition coefficient (Wildman–Crippen LogP) is 5.57. The number of benzene rings is 2. The number of ether oxygens (including phenoxy) is 2. The SMILES string of the molecule is COc1cc(CCl)cc(Cl)c1OCc1ccc(Br)cc1F. The molecule has 0 bridgehead atoms. The Morgan fingerprint density at radius 1 is 1.24 bits per heavy atom. The minimum Gasteiger partial charge on any atom is -0.493 e. The Kier molecular flexibility index (Phi) is 5.73. The first-order valence-electron chi connectivity index (χ1n) is 6.04. The van der Waals surface area contributed by atoms with E-state index in [1.807, 2.05) is 0 Å². The lowest BCUT2D eigenvalue weighted by Crippen LogP contribution is -2.01. The third-order valence-corrected chi connectivity index (χ3v) is 3.91. The van der Waals surface area contributed by atoms with E-state index in [0.717, 1.165) is 5.56 Å². The van der Waals surface area contributed by atoms with Gasteiger partial charge in [0.05, 0.1) is 12.1 Å². The zero-order valence-corrected chi connectivity index (χ0v) is 14.2. The molecule has 0 spiro atoms. The van der Waals surface area contributed by atoms with E-state index in [1.165, 1.54) is 13.2 Å². The number of halogens is 4. The van der Waals surface area contributed by atoms with Crippen LogP contribution < -0.4 is 9.47 Å². The highest BCUT2D eigenvalue weighted by Crippen LogP contribution is 2.37. The van der Waals surface area contributed by atoms with Gasteiger partial charge in [0.25, 0.3) is 0 Å². The van der Waals surface area contributed by atoms with E-state index < -0.39 is 0 Å². The molecule has 2 aromatic carbocycles. The van der Waals surface area contributed by atoms with E-state index in [9.17, 15) is 4.39 Å². The topological polar surface area (TPSA) is 18.5 Å².